The highest BCUT2D eigenvalue weighted by molar-refractivity contribution is 7.92. The number of nitrogens with one attached hydrogen (secondary N) is 2. The highest BCUT2D eigenvalue weighted by Crippen LogP contribution is 2.24. The van der Waals surface area contributed by atoms with Crippen LogP contribution < -0.4 is 19.8 Å². The first-order valence-electron chi connectivity index (χ1n) is 12.8. The summed E-state index contributed by atoms with van der Waals surface area (Å²) in [5.74, 6) is -0.401. The first-order chi connectivity index (χ1) is 19.7. The fraction of sp³-hybridized carbons (Fsp3) is 0.129. The third-order valence-corrected chi connectivity index (χ3v) is 7.72. The van der Waals surface area contributed by atoms with Gasteiger partial charge >= 0.3 is 0 Å². The summed E-state index contributed by atoms with van der Waals surface area (Å²) in [6.45, 7) is 3.25. The number of nitrogens with zero attached hydrogens (tertiary/aromatic N) is 2. The van der Waals surface area contributed by atoms with E-state index in [1.165, 1.54) is 18.3 Å². The van der Waals surface area contributed by atoms with Crippen LogP contribution in [0.4, 0.5) is 11.4 Å². The van der Waals surface area contributed by atoms with E-state index >= 15 is 0 Å². The molecule has 0 aliphatic carbocycles. The van der Waals surface area contributed by atoms with Crippen LogP contribution in [0.25, 0.3) is 0 Å². The second-order valence-corrected chi connectivity index (χ2v) is 11.1. The van der Waals surface area contributed by atoms with E-state index in [-0.39, 0.29) is 17.4 Å². The molecule has 0 radical (unpaired) electrons. The van der Waals surface area contributed by atoms with Crippen LogP contribution in [0, 0.1) is 13.8 Å². The first-order valence-corrected chi connectivity index (χ1v) is 14.2. The van der Waals surface area contributed by atoms with Crippen molar-refractivity contribution in [3.63, 3.8) is 0 Å². The van der Waals surface area contributed by atoms with Gasteiger partial charge < -0.3 is 10.1 Å². The maximum atomic E-state index is 13.4. The Hall–Kier alpha value is -4.96. The SMILES string of the molecule is Cc1ccc(NC(=O)COc2ccc(/C=N\NC(=O)CN(c3ccc(C)cc3)S(=O)(=O)c3ccccc3)cc2)cc1. The Morgan fingerprint density at radius 3 is 2.05 bits per heavy atom. The standard InChI is InChI=1S/C31H30N4O5S/c1-23-8-14-26(15-9-23)33-31(37)22-40-28-18-12-25(13-19-28)20-32-34-30(36)21-35(27-16-10-24(2)11-17-27)41(38,39)29-6-4-3-5-7-29/h3-20H,21-22H2,1-2H3,(H,33,37)(H,34,36)/b32-20-. The molecule has 210 valence electrons. The number of hydrogen-bond donors (Lipinski definition) is 2. The summed E-state index contributed by atoms with van der Waals surface area (Å²) in [6, 6.07) is 29.0. The molecule has 0 heterocycles. The molecule has 9 nitrogen and oxygen atoms in total. The highest BCUT2D eigenvalue weighted by atomic mass is 32.2. The van der Waals surface area contributed by atoms with Crippen molar-refractivity contribution in [2.45, 2.75) is 18.7 Å². The van der Waals surface area contributed by atoms with Gasteiger partial charge in [-0.25, -0.2) is 13.8 Å². The predicted octanol–water partition coefficient (Wildman–Crippen LogP) is 4.67. The molecule has 4 aromatic rings. The number of benzene rings is 4. The Balaban J connectivity index is 1.33. The van der Waals surface area contributed by atoms with Gasteiger partial charge in [-0.1, -0.05) is 53.6 Å². The zero-order valence-corrected chi connectivity index (χ0v) is 23.5. The van der Waals surface area contributed by atoms with Gasteiger partial charge in [0.05, 0.1) is 16.8 Å². The second-order valence-electron chi connectivity index (χ2n) is 9.23. The van der Waals surface area contributed by atoms with Crippen molar-refractivity contribution in [3.8, 4) is 5.75 Å². The third-order valence-electron chi connectivity index (χ3n) is 5.93. The Kier molecular flexibility index (Phi) is 9.49. The van der Waals surface area contributed by atoms with Crippen molar-refractivity contribution in [2.24, 2.45) is 5.10 Å². The minimum absolute atomic E-state index is 0.0758. The molecule has 0 aliphatic heterocycles. The molecule has 0 atom stereocenters. The van der Waals surface area contributed by atoms with E-state index in [4.69, 9.17) is 4.74 Å². The largest absolute Gasteiger partial charge is 0.484 e. The minimum Gasteiger partial charge on any atom is -0.484 e. The summed E-state index contributed by atoms with van der Waals surface area (Å²) in [6.07, 6.45) is 1.42. The van der Waals surface area contributed by atoms with Gasteiger partial charge in [-0.3, -0.25) is 13.9 Å². The van der Waals surface area contributed by atoms with E-state index in [1.807, 2.05) is 38.1 Å². The number of rotatable bonds is 11. The maximum absolute atomic E-state index is 13.4. The zero-order valence-electron chi connectivity index (χ0n) is 22.7. The Labute approximate surface area is 239 Å². The first kappa shape index (κ1) is 29.0. The van der Waals surface area contributed by atoms with Crippen LogP contribution in [0.15, 0.2) is 113 Å². The molecule has 41 heavy (non-hydrogen) atoms. The van der Waals surface area contributed by atoms with E-state index in [1.54, 1.807) is 66.7 Å². The lowest BCUT2D eigenvalue weighted by molar-refractivity contribution is -0.119. The molecule has 0 bridgehead atoms. The Morgan fingerprint density at radius 1 is 0.805 bits per heavy atom. The molecule has 2 amide bonds. The van der Waals surface area contributed by atoms with E-state index in [9.17, 15) is 18.0 Å². The average Bonchev–Trinajstić information content (AvgIpc) is 2.98. The molecule has 0 unspecified atom stereocenters. The monoisotopic (exact) mass is 570 g/mol. The van der Waals surface area contributed by atoms with Crippen LogP contribution in [0.3, 0.4) is 0 Å². The Morgan fingerprint density at radius 2 is 1.41 bits per heavy atom. The van der Waals surface area contributed by atoms with Crippen LogP contribution >= 0.6 is 0 Å². The topological polar surface area (TPSA) is 117 Å². The van der Waals surface area contributed by atoms with Crippen LogP contribution in [0.1, 0.15) is 16.7 Å². The molecule has 0 aromatic heterocycles. The molecule has 0 saturated heterocycles. The lowest BCUT2D eigenvalue weighted by Gasteiger charge is -2.23. The number of aryl methyl sites for hydroxylation is 2. The molecule has 0 spiro atoms. The van der Waals surface area contributed by atoms with Gasteiger partial charge in [0, 0.05) is 5.69 Å². The van der Waals surface area contributed by atoms with Gasteiger partial charge in [0.25, 0.3) is 21.8 Å². The van der Waals surface area contributed by atoms with Crippen LogP contribution in [0.5, 0.6) is 5.75 Å². The minimum atomic E-state index is -4.00. The van der Waals surface area contributed by atoms with Gasteiger partial charge in [0.2, 0.25) is 0 Å². The summed E-state index contributed by atoms with van der Waals surface area (Å²) in [7, 11) is -4.00. The summed E-state index contributed by atoms with van der Waals surface area (Å²) >= 11 is 0. The van der Waals surface area contributed by atoms with Gasteiger partial charge in [-0.15, -0.1) is 0 Å². The van der Waals surface area contributed by atoms with Crippen molar-refractivity contribution in [2.75, 3.05) is 22.8 Å². The second kappa shape index (κ2) is 13.4. The van der Waals surface area contributed by atoms with Gasteiger partial charge in [-0.2, -0.15) is 5.10 Å². The van der Waals surface area contributed by atoms with Gasteiger partial charge in [0.15, 0.2) is 6.61 Å². The number of hydrazone groups is 1. The van der Waals surface area contributed by atoms with Crippen molar-refractivity contribution in [1.29, 1.82) is 0 Å². The van der Waals surface area contributed by atoms with E-state index in [0.29, 0.717) is 22.7 Å². The van der Waals surface area contributed by atoms with Crippen LogP contribution in [0.2, 0.25) is 0 Å². The summed E-state index contributed by atoms with van der Waals surface area (Å²) in [5.41, 5.74) is 6.16. The predicted molar refractivity (Wildman–Crippen MR) is 160 cm³/mol. The molecule has 0 aliphatic rings. The molecule has 0 saturated carbocycles. The summed E-state index contributed by atoms with van der Waals surface area (Å²) in [5, 5.41) is 6.73. The van der Waals surface area contributed by atoms with Crippen molar-refractivity contribution in [3.05, 3.63) is 120 Å². The van der Waals surface area contributed by atoms with Crippen molar-refractivity contribution < 1.29 is 22.7 Å². The Bertz CT molecular complexity index is 1600. The quantitative estimate of drug-likeness (QED) is 0.201. The molecule has 10 heteroatoms. The average molecular weight is 571 g/mol. The number of anilines is 2. The molecular formula is C31H30N4O5S. The van der Waals surface area contributed by atoms with E-state index < -0.39 is 22.5 Å². The molecule has 2 N–H and O–H groups in total. The third kappa shape index (κ3) is 8.26. The number of sulfonamides is 1. The van der Waals surface area contributed by atoms with Gasteiger partial charge in [0.1, 0.15) is 12.3 Å². The maximum Gasteiger partial charge on any atom is 0.264 e. The zero-order chi connectivity index (χ0) is 29.2. The van der Waals surface area contributed by atoms with Crippen LogP contribution in [-0.2, 0) is 19.6 Å². The lowest BCUT2D eigenvalue weighted by Crippen LogP contribution is -2.39. The van der Waals surface area contributed by atoms with Crippen molar-refractivity contribution in [1.82, 2.24) is 5.43 Å². The van der Waals surface area contributed by atoms with E-state index in [2.05, 4.69) is 15.8 Å². The normalized spacial score (nSPS) is 11.2. The number of ether oxygens (including phenoxy) is 1. The van der Waals surface area contributed by atoms with Gasteiger partial charge in [-0.05, 0) is 80.1 Å². The van der Waals surface area contributed by atoms with Crippen molar-refractivity contribution >= 4 is 39.4 Å². The smallest absolute Gasteiger partial charge is 0.264 e. The number of amides is 2. The fourth-order valence-corrected chi connectivity index (χ4v) is 5.17. The van der Waals surface area contributed by atoms with E-state index in [0.717, 1.165) is 15.4 Å². The molecule has 0 fully saturated rings. The molecule has 4 rings (SSSR count). The fourth-order valence-electron chi connectivity index (χ4n) is 3.72. The lowest BCUT2D eigenvalue weighted by atomic mass is 10.2. The summed E-state index contributed by atoms with van der Waals surface area (Å²) in [4.78, 5) is 24.9. The number of carbonyl (C=O) groups is 2. The summed E-state index contributed by atoms with van der Waals surface area (Å²) < 4.78 is 33.3. The molecule has 4 aromatic carbocycles. The number of carbonyl (C=O) groups excluding carboxylic acids is 2. The highest BCUT2D eigenvalue weighted by Gasteiger charge is 2.27. The van der Waals surface area contributed by atoms with Crippen LogP contribution in [-0.4, -0.2) is 39.6 Å². The number of hydrogen-bond acceptors (Lipinski definition) is 6. The molecular weight excluding hydrogens is 540 g/mol.